The summed E-state index contributed by atoms with van der Waals surface area (Å²) in [5, 5.41) is 0. The fourth-order valence-electron chi connectivity index (χ4n) is 4.86. The van der Waals surface area contributed by atoms with Gasteiger partial charge in [-0.15, -0.1) is 0 Å². The molecule has 3 rings (SSSR count). The first kappa shape index (κ1) is 12.0. The van der Waals surface area contributed by atoms with Crippen LogP contribution >= 0.6 is 0 Å². The molecular weight excluding hydrogens is 208 g/mol. The first-order valence-electron chi connectivity index (χ1n) is 7.83. The van der Waals surface area contributed by atoms with E-state index in [0.29, 0.717) is 5.54 Å². The van der Waals surface area contributed by atoms with Gasteiger partial charge in [-0.05, 0) is 51.0 Å². The second-order valence-corrected chi connectivity index (χ2v) is 6.58. The van der Waals surface area contributed by atoms with E-state index in [9.17, 15) is 0 Å². The molecule has 0 spiro atoms. The van der Waals surface area contributed by atoms with Gasteiger partial charge in [0.1, 0.15) is 0 Å². The lowest BCUT2D eigenvalue weighted by Crippen LogP contribution is -2.61. The highest BCUT2D eigenvalue weighted by molar-refractivity contribution is 5.01. The van der Waals surface area contributed by atoms with Gasteiger partial charge in [-0.3, -0.25) is 4.90 Å². The molecule has 0 amide bonds. The van der Waals surface area contributed by atoms with Crippen molar-refractivity contribution >= 4 is 0 Å². The Labute approximate surface area is 106 Å². The predicted octanol–water partition coefficient (Wildman–Crippen LogP) is 2.91. The third kappa shape index (κ3) is 2.04. The maximum Gasteiger partial charge on any atom is 0.0334 e. The van der Waals surface area contributed by atoms with Crippen molar-refractivity contribution in [1.82, 2.24) is 4.90 Å². The lowest BCUT2D eigenvalue weighted by Gasteiger charge is -2.52. The van der Waals surface area contributed by atoms with E-state index < -0.39 is 0 Å². The molecule has 1 saturated heterocycles. The molecule has 98 valence electrons. The molecule has 2 atom stereocenters. The quantitative estimate of drug-likeness (QED) is 0.799. The molecule has 0 aromatic rings. The van der Waals surface area contributed by atoms with Crippen LogP contribution in [-0.2, 0) is 0 Å². The largest absolute Gasteiger partial charge is 0.329 e. The summed E-state index contributed by atoms with van der Waals surface area (Å²) in [6.07, 6.45) is 14.3. The number of hydrogen-bond acceptors (Lipinski definition) is 2. The minimum Gasteiger partial charge on any atom is -0.329 e. The van der Waals surface area contributed by atoms with Crippen LogP contribution in [0.3, 0.4) is 0 Å². The van der Waals surface area contributed by atoms with Crippen molar-refractivity contribution in [2.24, 2.45) is 11.7 Å². The van der Waals surface area contributed by atoms with E-state index in [1.54, 1.807) is 0 Å². The SMILES string of the molecule is NCC1(N2CCCC3CCCC32)CCCCC1. The fraction of sp³-hybridized carbons (Fsp3) is 1.00. The highest BCUT2D eigenvalue weighted by atomic mass is 15.2. The molecule has 3 fully saturated rings. The van der Waals surface area contributed by atoms with Crippen molar-refractivity contribution in [1.29, 1.82) is 0 Å². The lowest BCUT2D eigenvalue weighted by atomic mass is 9.77. The molecule has 0 aromatic heterocycles. The summed E-state index contributed by atoms with van der Waals surface area (Å²) in [6.45, 7) is 2.23. The van der Waals surface area contributed by atoms with Crippen LogP contribution in [0.25, 0.3) is 0 Å². The Kier molecular flexibility index (Phi) is 3.45. The molecule has 2 nitrogen and oxygen atoms in total. The van der Waals surface area contributed by atoms with Crippen LogP contribution < -0.4 is 5.73 Å². The van der Waals surface area contributed by atoms with E-state index in [0.717, 1.165) is 18.5 Å². The number of rotatable bonds is 2. The third-order valence-electron chi connectivity index (χ3n) is 5.77. The number of nitrogens with zero attached hydrogens (tertiary/aromatic N) is 1. The molecule has 0 radical (unpaired) electrons. The normalized spacial score (nSPS) is 37.9. The smallest absolute Gasteiger partial charge is 0.0334 e. The number of likely N-dealkylation sites (tertiary alicyclic amines) is 1. The first-order valence-corrected chi connectivity index (χ1v) is 7.83. The van der Waals surface area contributed by atoms with Gasteiger partial charge in [-0.2, -0.15) is 0 Å². The molecule has 0 aromatic carbocycles. The summed E-state index contributed by atoms with van der Waals surface area (Å²) >= 11 is 0. The topological polar surface area (TPSA) is 29.3 Å². The Bertz CT molecular complexity index is 258. The molecule has 17 heavy (non-hydrogen) atoms. The summed E-state index contributed by atoms with van der Waals surface area (Å²) in [4.78, 5) is 2.88. The second-order valence-electron chi connectivity index (χ2n) is 6.58. The zero-order valence-electron chi connectivity index (χ0n) is 11.2. The van der Waals surface area contributed by atoms with Crippen LogP contribution in [0.15, 0.2) is 0 Å². The van der Waals surface area contributed by atoms with Crippen LogP contribution in [0.5, 0.6) is 0 Å². The monoisotopic (exact) mass is 236 g/mol. The van der Waals surface area contributed by atoms with Crippen LogP contribution in [0, 0.1) is 5.92 Å². The number of piperidine rings is 1. The Morgan fingerprint density at radius 2 is 1.71 bits per heavy atom. The lowest BCUT2D eigenvalue weighted by molar-refractivity contribution is -0.0180. The van der Waals surface area contributed by atoms with Crippen molar-refractivity contribution in [3.63, 3.8) is 0 Å². The van der Waals surface area contributed by atoms with E-state index in [1.165, 1.54) is 70.8 Å². The van der Waals surface area contributed by atoms with Gasteiger partial charge in [0, 0.05) is 18.1 Å². The molecule has 2 saturated carbocycles. The van der Waals surface area contributed by atoms with Crippen molar-refractivity contribution < 1.29 is 0 Å². The van der Waals surface area contributed by atoms with Crippen LogP contribution in [-0.4, -0.2) is 29.6 Å². The molecule has 1 aliphatic heterocycles. The van der Waals surface area contributed by atoms with Crippen LogP contribution in [0.2, 0.25) is 0 Å². The molecule has 3 aliphatic rings. The molecule has 2 unspecified atom stereocenters. The molecule has 2 aliphatic carbocycles. The van der Waals surface area contributed by atoms with Gasteiger partial charge in [0.25, 0.3) is 0 Å². The molecule has 0 bridgehead atoms. The van der Waals surface area contributed by atoms with E-state index in [-0.39, 0.29) is 0 Å². The molecule has 2 N–H and O–H groups in total. The minimum atomic E-state index is 0.395. The van der Waals surface area contributed by atoms with Crippen LogP contribution in [0.4, 0.5) is 0 Å². The standard InChI is InChI=1S/C15H28N2/c16-12-15(9-2-1-3-10-15)17-11-5-7-13-6-4-8-14(13)17/h13-14H,1-12,16H2. The third-order valence-corrected chi connectivity index (χ3v) is 5.77. The molecular formula is C15H28N2. The average molecular weight is 236 g/mol. The molecule has 2 heteroatoms. The van der Waals surface area contributed by atoms with Gasteiger partial charge in [0.05, 0.1) is 0 Å². The van der Waals surface area contributed by atoms with Crippen molar-refractivity contribution in [2.75, 3.05) is 13.1 Å². The Morgan fingerprint density at radius 1 is 0.941 bits per heavy atom. The van der Waals surface area contributed by atoms with Gasteiger partial charge in [-0.1, -0.05) is 25.7 Å². The minimum absolute atomic E-state index is 0.395. The zero-order chi connectivity index (χ0) is 11.7. The van der Waals surface area contributed by atoms with E-state index in [1.807, 2.05) is 0 Å². The second kappa shape index (κ2) is 4.89. The summed E-state index contributed by atoms with van der Waals surface area (Å²) in [5.41, 5.74) is 6.60. The predicted molar refractivity (Wildman–Crippen MR) is 71.9 cm³/mol. The average Bonchev–Trinajstić information content (AvgIpc) is 2.87. The summed E-state index contributed by atoms with van der Waals surface area (Å²) in [5.74, 6) is 1.01. The van der Waals surface area contributed by atoms with Crippen molar-refractivity contribution in [2.45, 2.75) is 75.8 Å². The Hall–Kier alpha value is -0.0800. The highest BCUT2D eigenvalue weighted by Gasteiger charge is 2.45. The first-order chi connectivity index (χ1) is 8.36. The van der Waals surface area contributed by atoms with Gasteiger partial charge in [0.2, 0.25) is 0 Å². The van der Waals surface area contributed by atoms with E-state index in [4.69, 9.17) is 5.73 Å². The van der Waals surface area contributed by atoms with Gasteiger partial charge in [0.15, 0.2) is 0 Å². The maximum atomic E-state index is 6.21. The zero-order valence-corrected chi connectivity index (χ0v) is 11.2. The van der Waals surface area contributed by atoms with Crippen LogP contribution in [0.1, 0.15) is 64.2 Å². The summed E-state index contributed by atoms with van der Waals surface area (Å²) in [7, 11) is 0. The van der Waals surface area contributed by atoms with E-state index >= 15 is 0 Å². The summed E-state index contributed by atoms with van der Waals surface area (Å²) in [6, 6.07) is 0.894. The van der Waals surface area contributed by atoms with E-state index in [2.05, 4.69) is 4.90 Å². The van der Waals surface area contributed by atoms with Crippen molar-refractivity contribution in [3.8, 4) is 0 Å². The highest BCUT2D eigenvalue weighted by Crippen LogP contribution is 2.43. The molecule has 1 heterocycles. The fourth-order valence-corrected chi connectivity index (χ4v) is 4.86. The number of hydrogen-bond donors (Lipinski definition) is 1. The Morgan fingerprint density at radius 3 is 2.47 bits per heavy atom. The maximum absolute atomic E-state index is 6.21. The van der Waals surface area contributed by atoms with Gasteiger partial charge in [-0.25, -0.2) is 0 Å². The summed E-state index contributed by atoms with van der Waals surface area (Å²) < 4.78 is 0. The number of fused-ring (bicyclic) bond motifs is 1. The van der Waals surface area contributed by atoms with Gasteiger partial charge >= 0.3 is 0 Å². The Balaban J connectivity index is 1.79. The number of nitrogens with two attached hydrogens (primary N) is 1. The van der Waals surface area contributed by atoms with Crippen molar-refractivity contribution in [3.05, 3.63) is 0 Å². The van der Waals surface area contributed by atoms with Gasteiger partial charge < -0.3 is 5.73 Å².